The molecule has 18 heavy (non-hydrogen) atoms. The van der Waals surface area contributed by atoms with Crippen LogP contribution < -0.4 is 4.90 Å². The lowest BCUT2D eigenvalue weighted by Gasteiger charge is -2.36. The van der Waals surface area contributed by atoms with Crippen LogP contribution >= 0.6 is 0 Å². The van der Waals surface area contributed by atoms with Crippen molar-refractivity contribution in [3.05, 3.63) is 36.0 Å². The van der Waals surface area contributed by atoms with E-state index in [4.69, 9.17) is 5.11 Å². The van der Waals surface area contributed by atoms with Gasteiger partial charge in [0.15, 0.2) is 0 Å². The Hall–Kier alpha value is -2.17. The predicted molar refractivity (Wildman–Crippen MR) is 65.8 cm³/mol. The molecule has 4 nitrogen and oxygen atoms in total. The lowest BCUT2D eigenvalue weighted by atomic mass is 10.1. The van der Waals surface area contributed by atoms with Gasteiger partial charge in [-0.1, -0.05) is 0 Å². The summed E-state index contributed by atoms with van der Waals surface area (Å²) in [6, 6.07) is 6.84. The fourth-order valence-electron chi connectivity index (χ4n) is 2.15. The van der Waals surface area contributed by atoms with Crippen molar-refractivity contribution in [1.82, 2.24) is 4.98 Å². The van der Waals surface area contributed by atoms with E-state index >= 15 is 0 Å². The third-order valence-corrected chi connectivity index (χ3v) is 3.16. The van der Waals surface area contributed by atoms with E-state index in [-0.39, 0.29) is 5.56 Å². The van der Waals surface area contributed by atoms with Crippen molar-refractivity contribution in [3.8, 4) is 0 Å². The first-order valence-corrected chi connectivity index (χ1v) is 5.66. The molecule has 3 rings (SSSR count). The minimum Gasteiger partial charge on any atom is -0.478 e. The number of rotatable bonds is 2. The van der Waals surface area contributed by atoms with Crippen LogP contribution in [-0.2, 0) is 0 Å². The van der Waals surface area contributed by atoms with Crippen LogP contribution in [0.25, 0.3) is 10.9 Å². The molecule has 92 valence electrons. The van der Waals surface area contributed by atoms with Crippen LogP contribution in [0.3, 0.4) is 0 Å². The van der Waals surface area contributed by atoms with Crippen LogP contribution in [0.15, 0.2) is 30.5 Å². The number of halogens is 1. The number of aromatic nitrogens is 1. The Labute approximate surface area is 103 Å². The van der Waals surface area contributed by atoms with Crippen LogP contribution in [0.4, 0.5) is 10.1 Å². The monoisotopic (exact) mass is 246 g/mol. The summed E-state index contributed by atoms with van der Waals surface area (Å²) in [5.41, 5.74) is 1.70. The van der Waals surface area contributed by atoms with E-state index in [1.165, 1.54) is 12.3 Å². The Balaban J connectivity index is 2.09. The van der Waals surface area contributed by atoms with E-state index < -0.39 is 12.1 Å². The van der Waals surface area contributed by atoms with Crippen LogP contribution in [0.5, 0.6) is 0 Å². The van der Waals surface area contributed by atoms with Gasteiger partial charge in [-0.15, -0.1) is 0 Å². The second-order valence-corrected chi connectivity index (χ2v) is 4.37. The molecule has 1 N–H and O–H groups in total. The van der Waals surface area contributed by atoms with Crippen LogP contribution in [0.2, 0.25) is 0 Å². The molecule has 2 aromatic rings. The van der Waals surface area contributed by atoms with Crippen molar-refractivity contribution in [3.63, 3.8) is 0 Å². The maximum atomic E-state index is 12.8. The number of nitrogens with zero attached hydrogens (tertiary/aromatic N) is 2. The molecule has 0 amide bonds. The highest BCUT2D eigenvalue weighted by Crippen LogP contribution is 2.27. The number of pyridine rings is 1. The van der Waals surface area contributed by atoms with Crippen molar-refractivity contribution in [1.29, 1.82) is 0 Å². The summed E-state index contributed by atoms with van der Waals surface area (Å²) in [6.45, 7) is 0.738. The Morgan fingerprint density at radius 3 is 2.83 bits per heavy atom. The zero-order valence-corrected chi connectivity index (χ0v) is 9.51. The summed E-state index contributed by atoms with van der Waals surface area (Å²) in [5.74, 6) is -0.980. The number of alkyl halides is 1. The first-order valence-electron chi connectivity index (χ1n) is 5.66. The van der Waals surface area contributed by atoms with Crippen molar-refractivity contribution in [2.45, 2.75) is 6.17 Å². The van der Waals surface area contributed by atoms with Gasteiger partial charge in [-0.2, -0.15) is 0 Å². The average Bonchev–Trinajstić information content (AvgIpc) is 2.33. The molecule has 0 unspecified atom stereocenters. The van der Waals surface area contributed by atoms with Crippen molar-refractivity contribution in [2.24, 2.45) is 0 Å². The number of hydrogen-bond acceptors (Lipinski definition) is 3. The summed E-state index contributed by atoms with van der Waals surface area (Å²) in [7, 11) is 0. The molecule has 0 spiro atoms. The average molecular weight is 246 g/mol. The number of carbonyl (C=O) groups is 1. The molecule has 1 aliphatic heterocycles. The highest BCUT2D eigenvalue weighted by Gasteiger charge is 2.26. The third-order valence-electron chi connectivity index (χ3n) is 3.16. The highest BCUT2D eigenvalue weighted by molar-refractivity contribution is 6.03. The fourth-order valence-corrected chi connectivity index (χ4v) is 2.15. The maximum absolute atomic E-state index is 12.8. The van der Waals surface area contributed by atoms with Gasteiger partial charge in [0.25, 0.3) is 0 Å². The molecule has 1 saturated heterocycles. The summed E-state index contributed by atoms with van der Waals surface area (Å²) < 4.78 is 12.8. The Morgan fingerprint density at radius 1 is 1.39 bits per heavy atom. The summed E-state index contributed by atoms with van der Waals surface area (Å²) in [5, 5.41) is 9.71. The molecule has 1 fully saturated rings. The van der Waals surface area contributed by atoms with Crippen molar-refractivity contribution in [2.75, 3.05) is 18.0 Å². The van der Waals surface area contributed by atoms with E-state index in [0.717, 1.165) is 5.69 Å². The van der Waals surface area contributed by atoms with E-state index in [0.29, 0.717) is 24.0 Å². The van der Waals surface area contributed by atoms with Crippen molar-refractivity contribution < 1.29 is 14.3 Å². The second kappa shape index (κ2) is 3.94. The van der Waals surface area contributed by atoms with Gasteiger partial charge in [-0.25, -0.2) is 9.18 Å². The molecule has 0 radical (unpaired) electrons. The molecular formula is C13H11FN2O2. The number of hydrogen-bond donors (Lipinski definition) is 1. The standard InChI is InChI=1S/C13H11FN2O2/c14-8-6-16(7-8)9-1-2-12-11(5-9)10(13(17)18)3-4-15-12/h1-5,8H,6-7H2,(H,17,18). The minimum atomic E-state index is -0.980. The molecular weight excluding hydrogens is 235 g/mol. The predicted octanol–water partition coefficient (Wildman–Crippen LogP) is 2.09. The van der Waals surface area contributed by atoms with Gasteiger partial charge in [0, 0.05) is 17.3 Å². The molecule has 2 heterocycles. The quantitative estimate of drug-likeness (QED) is 0.881. The number of fused-ring (bicyclic) bond motifs is 1. The molecule has 0 bridgehead atoms. The minimum absolute atomic E-state index is 0.221. The Bertz CT molecular complexity index is 623. The number of anilines is 1. The van der Waals surface area contributed by atoms with E-state index in [2.05, 4.69) is 4.98 Å². The van der Waals surface area contributed by atoms with Gasteiger partial charge in [0.2, 0.25) is 0 Å². The Morgan fingerprint density at radius 2 is 2.17 bits per heavy atom. The number of carboxylic acid groups (broad SMARTS) is 1. The lowest BCUT2D eigenvalue weighted by molar-refractivity contribution is 0.0699. The Kier molecular flexibility index (Phi) is 2.40. The zero-order valence-electron chi connectivity index (χ0n) is 9.51. The maximum Gasteiger partial charge on any atom is 0.336 e. The van der Waals surface area contributed by atoms with Crippen LogP contribution in [0.1, 0.15) is 10.4 Å². The molecule has 0 atom stereocenters. The molecule has 1 aromatic heterocycles. The van der Waals surface area contributed by atoms with Gasteiger partial charge in [-0.05, 0) is 24.3 Å². The van der Waals surface area contributed by atoms with Crippen molar-refractivity contribution >= 4 is 22.6 Å². The topological polar surface area (TPSA) is 53.4 Å². The SMILES string of the molecule is O=C(O)c1ccnc2ccc(N3CC(F)C3)cc12. The number of aromatic carboxylic acids is 1. The number of carboxylic acids is 1. The van der Waals surface area contributed by atoms with Gasteiger partial charge < -0.3 is 10.0 Å². The normalized spacial score (nSPS) is 15.7. The molecule has 0 saturated carbocycles. The summed E-state index contributed by atoms with van der Waals surface area (Å²) >= 11 is 0. The van der Waals surface area contributed by atoms with Gasteiger partial charge in [-0.3, -0.25) is 4.98 Å². The van der Waals surface area contributed by atoms with Gasteiger partial charge in [0.05, 0.1) is 24.2 Å². The smallest absolute Gasteiger partial charge is 0.336 e. The largest absolute Gasteiger partial charge is 0.478 e. The van der Waals surface area contributed by atoms with Crippen LogP contribution in [-0.4, -0.2) is 35.3 Å². The molecule has 5 heteroatoms. The van der Waals surface area contributed by atoms with E-state index in [1.54, 1.807) is 12.1 Å². The van der Waals surface area contributed by atoms with Gasteiger partial charge >= 0.3 is 5.97 Å². The molecule has 0 aliphatic carbocycles. The highest BCUT2D eigenvalue weighted by atomic mass is 19.1. The molecule has 1 aromatic carbocycles. The van der Waals surface area contributed by atoms with E-state index in [1.807, 2.05) is 11.0 Å². The second-order valence-electron chi connectivity index (χ2n) is 4.37. The third kappa shape index (κ3) is 1.68. The zero-order chi connectivity index (χ0) is 12.7. The lowest BCUT2D eigenvalue weighted by Crippen LogP contribution is -2.48. The molecule has 1 aliphatic rings. The van der Waals surface area contributed by atoms with Gasteiger partial charge in [0.1, 0.15) is 6.17 Å². The fraction of sp³-hybridized carbons (Fsp3) is 0.231. The summed E-state index contributed by atoms with van der Waals surface area (Å²) in [6.07, 6.45) is 0.695. The van der Waals surface area contributed by atoms with Crippen LogP contribution in [0, 0.1) is 0 Å². The number of benzene rings is 1. The first kappa shape index (κ1) is 11.0. The van der Waals surface area contributed by atoms with E-state index in [9.17, 15) is 9.18 Å². The summed E-state index contributed by atoms with van der Waals surface area (Å²) in [4.78, 5) is 17.1. The first-order chi connectivity index (χ1) is 8.65.